The van der Waals surface area contributed by atoms with Gasteiger partial charge >= 0.3 is 0 Å². The van der Waals surface area contributed by atoms with Gasteiger partial charge in [-0.3, -0.25) is 9.69 Å². The van der Waals surface area contributed by atoms with E-state index in [9.17, 15) is 4.79 Å². The molecule has 1 amide bonds. The van der Waals surface area contributed by atoms with E-state index in [1.165, 1.54) is 0 Å². The number of benzene rings is 1. The highest BCUT2D eigenvalue weighted by atomic mass is 79.9. The summed E-state index contributed by atoms with van der Waals surface area (Å²) in [5.41, 5.74) is 1.04. The van der Waals surface area contributed by atoms with E-state index in [4.69, 9.17) is 4.74 Å². The van der Waals surface area contributed by atoms with Crippen molar-refractivity contribution in [3.05, 3.63) is 40.4 Å². The van der Waals surface area contributed by atoms with Gasteiger partial charge < -0.3 is 9.64 Å². The molecule has 5 heteroatoms. The topological polar surface area (TPSA) is 32.8 Å². The average molecular weight is 379 g/mol. The summed E-state index contributed by atoms with van der Waals surface area (Å²) in [5, 5.41) is 0. The standard InChI is InChI=1S/C18H23BrN2O2/c19-16-4-1-15(2-5-16)3-6-18(22)21-11-9-20(10-12-21)17-7-13-23-14-8-17/h1-6,17H,7-14H2/b6-3+. The number of amides is 1. The van der Waals surface area contributed by atoms with Crippen LogP contribution < -0.4 is 0 Å². The van der Waals surface area contributed by atoms with Gasteiger partial charge in [0.1, 0.15) is 0 Å². The summed E-state index contributed by atoms with van der Waals surface area (Å²) in [6, 6.07) is 8.60. The summed E-state index contributed by atoms with van der Waals surface area (Å²) in [5.74, 6) is 0.111. The van der Waals surface area contributed by atoms with Crippen LogP contribution in [0.2, 0.25) is 0 Å². The number of hydrogen-bond acceptors (Lipinski definition) is 3. The summed E-state index contributed by atoms with van der Waals surface area (Å²) in [6.45, 7) is 5.34. The Morgan fingerprint density at radius 1 is 1.09 bits per heavy atom. The monoisotopic (exact) mass is 378 g/mol. The van der Waals surface area contributed by atoms with Crippen LogP contribution >= 0.6 is 15.9 Å². The Bertz CT molecular complexity index is 545. The van der Waals surface area contributed by atoms with Crippen LogP contribution in [0, 0.1) is 0 Å². The zero-order valence-electron chi connectivity index (χ0n) is 13.3. The lowest BCUT2D eigenvalue weighted by molar-refractivity contribution is -0.128. The fourth-order valence-corrected chi connectivity index (χ4v) is 3.47. The maximum atomic E-state index is 12.3. The van der Waals surface area contributed by atoms with Gasteiger partial charge in [0.25, 0.3) is 0 Å². The molecule has 0 bridgehead atoms. The van der Waals surface area contributed by atoms with Gasteiger partial charge in [0.15, 0.2) is 0 Å². The predicted molar refractivity (Wildman–Crippen MR) is 95.2 cm³/mol. The first kappa shape index (κ1) is 16.7. The highest BCUT2D eigenvalue weighted by Crippen LogP contribution is 2.17. The van der Waals surface area contributed by atoms with Crippen LogP contribution in [0.3, 0.4) is 0 Å². The number of halogens is 1. The highest BCUT2D eigenvalue weighted by molar-refractivity contribution is 9.10. The molecule has 2 heterocycles. The Hall–Kier alpha value is -1.17. The Morgan fingerprint density at radius 3 is 2.39 bits per heavy atom. The Balaban J connectivity index is 1.48. The quantitative estimate of drug-likeness (QED) is 0.758. The third kappa shape index (κ3) is 4.66. The molecule has 1 aromatic rings. The van der Waals surface area contributed by atoms with Gasteiger partial charge in [0.05, 0.1) is 0 Å². The van der Waals surface area contributed by atoms with Crippen LogP contribution in [0.15, 0.2) is 34.8 Å². The van der Waals surface area contributed by atoms with Gasteiger partial charge in [-0.1, -0.05) is 28.1 Å². The highest BCUT2D eigenvalue weighted by Gasteiger charge is 2.26. The van der Waals surface area contributed by atoms with Crippen LogP contribution in [0.4, 0.5) is 0 Å². The molecule has 0 aliphatic carbocycles. The fraction of sp³-hybridized carbons (Fsp3) is 0.500. The Kier molecular flexibility index (Phi) is 5.86. The molecule has 1 aromatic carbocycles. The van der Waals surface area contributed by atoms with Gasteiger partial charge in [0, 0.05) is 56.0 Å². The van der Waals surface area contributed by atoms with Gasteiger partial charge in [-0.15, -0.1) is 0 Å². The number of rotatable bonds is 3. The first-order valence-corrected chi connectivity index (χ1v) is 9.06. The van der Waals surface area contributed by atoms with Crippen molar-refractivity contribution in [2.45, 2.75) is 18.9 Å². The Labute approximate surface area is 146 Å². The molecule has 23 heavy (non-hydrogen) atoms. The average Bonchev–Trinajstić information content (AvgIpc) is 2.62. The molecule has 0 aromatic heterocycles. The SMILES string of the molecule is O=C(/C=C/c1ccc(Br)cc1)N1CCN(C2CCOCC2)CC1. The van der Waals surface area contributed by atoms with E-state index in [0.717, 1.165) is 62.3 Å². The van der Waals surface area contributed by atoms with Crippen LogP contribution in [0.5, 0.6) is 0 Å². The molecule has 2 aliphatic heterocycles. The molecule has 0 atom stereocenters. The van der Waals surface area contributed by atoms with Crippen LogP contribution in [-0.4, -0.2) is 61.1 Å². The number of ether oxygens (including phenoxy) is 1. The van der Waals surface area contributed by atoms with Crippen molar-refractivity contribution in [3.8, 4) is 0 Å². The Morgan fingerprint density at radius 2 is 1.74 bits per heavy atom. The predicted octanol–water partition coefficient (Wildman–Crippen LogP) is 2.79. The number of hydrogen-bond donors (Lipinski definition) is 0. The van der Waals surface area contributed by atoms with E-state index in [1.807, 2.05) is 35.2 Å². The molecule has 2 fully saturated rings. The molecule has 0 saturated carbocycles. The van der Waals surface area contributed by atoms with E-state index < -0.39 is 0 Å². The van der Waals surface area contributed by atoms with Gasteiger partial charge in [-0.05, 0) is 36.6 Å². The maximum absolute atomic E-state index is 12.3. The van der Waals surface area contributed by atoms with E-state index in [2.05, 4.69) is 20.8 Å². The molecule has 2 saturated heterocycles. The first-order valence-electron chi connectivity index (χ1n) is 8.27. The third-order valence-corrected chi connectivity index (χ3v) is 5.15. The second-order valence-electron chi connectivity index (χ2n) is 6.09. The van der Waals surface area contributed by atoms with Gasteiger partial charge in [0.2, 0.25) is 5.91 Å². The molecule has 124 valence electrons. The zero-order valence-corrected chi connectivity index (χ0v) is 14.9. The minimum absolute atomic E-state index is 0.111. The van der Waals surface area contributed by atoms with E-state index in [1.54, 1.807) is 6.08 Å². The molecular formula is C18H23BrN2O2. The second kappa shape index (κ2) is 8.08. The van der Waals surface area contributed by atoms with E-state index >= 15 is 0 Å². The number of piperazine rings is 1. The fourth-order valence-electron chi connectivity index (χ4n) is 3.20. The van der Waals surface area contributed by atoms with Crippen LogP contribution in [-0.2, 0) is 9.53 Å². The molecule has 0 unspecified atom stereocenters. The molecule has 0 spiro atoms. The van der Waals surface area contributed by atoms with Crippen molar-refractivity contribution in [1.29, 1.82) is 0 Å². The normalized spacial score (nSPS) is 21.0. The number of carbonyl (C=O) groups is 1. The number of nitrogens with zero attached hydrogens (tertiary/aromatic N) is 2. The lowest BCUT2D eigenvalue weighted by atomic mass is 10.1. The summed E-state index contributed by atoms with van der Waals surface area (Å²) in [4.78, 5) is 16.8. The molecule has 3 rings (SSSR count). The summed E-state index contributed by atoms with van der Waals surface area (Å²) in [7, 11) is 0. The summed E-state index contributed by atoms with van der Waals surface area (Å²) in [6.07, 6.45) is 5.82. The molecule has 2 aliphatic rings. The van der Waals surface area contributed by atoms with Crippen molar-refractivity contribution in [3.63, 3.8) is 0 Å². The molecular weight excluding hydrogens is 356 g/mol. The van der Waals surface area contributed by atoms with E-state index in [-0.39, 0.29) is 5.91 Å². The first-order chi connectivity index (χ1) is 11.2. The van der Waals surface area contributed by atoms with Gasteiger partial charge in [-0.2, -0.15) is 0 Å². The maximum Gasteiger partial charge on any atom is 0.246 e. The minimum atomic E-state index is 0.111. The summed E-state index contributed by atoms with van der Waals surface area (Å²) >= 11 is 3.41. The third-order valence-electron chi connectivity index (χ3n) is 4.62. The van der Waals surface area contributed by atoms with E-state index in [0.29, 0.717) is 6.04 Å². The van der Waals surface area contributed by atoms with Crippen molar-refractivity contribution < 1.29 is 9.53 Å². The minimum Gasteiger partial charge on any atom is -0.381 e. The second-order valence-corrected chi connectivity index (χ2v) is 7.01. The lowest BCUT2D eigenvalue weighted by Crippen LogP contribution is -2.52. The molecule has 0 radical (unpaired) electrons. The lowest BCUT2D eigenvalue weighted by Gasteiger charge is -2.40. The smallest absolute Gasteiger partial charge is 0.246 e. The van der Waals surface area contributed by atoms with Crippen molar-refractivity contribution in [2.75, 3.05) is 39.4 Å². The number of carbonyl (C=O) groups excluding carboxylic acids is 1. The van der Waals surface area contributed by atoms with Crippen molar-refractivity contribution in [2.24, 2.45) is 0 Å². The largest absolute Gasteiger partial charge is 0.381 e. The molecule has 0 N–H and O–H groups in total. The van der Waals surface area contributed by atoms with Crippen molar-refractivity contribution in [1.82, 2.24) is 9.80 Å². The van der Waals surface area contributed by atoms with Gasteiger partial charge in [-0.25, -0.2) is 0 Å². The van der Waals surface area contributed by atoms with Crippen molar-refractivity contribution >= 4 is 27.9 Å². The summed E-state index contributed by atoms with van der Waals surface area (Å²) < 4.78 is 6.47. The van der Waals surface area contributed by atoms with Crippen LogP contribution in [0.25, 0.3) is 6.08 Å². The van der Waals surface area contributed by atoms with Crippen LogP contribution in [0.1, 0.15) is 18.4 Å². The molecule has 4 nitrogen and oxygen atoms in total. The zero-order chi connectivity index (χ0) is 16.1.